The van der Waals surface area contributed by atoms with Gasteiger partial charge in [-0.1, -0.05) is 54.0 Å². The monoisotopic (exact) mass is 273 g/mol. The van der Waals surface area contributed by atoms with Crippen LogP contribution in [0.3, 0.4) is 0 Å². The van der Waals surface area contributed by atoms with Crippen molar-refractivity contribution >= 4 is 5.69 Å². The Balaban J connectivity index is 2.18. The molecule has 1 aliphatic carbocycles. The highest BCUT2D eigenvalue weighted by molar-refractivity contribution is 5.72. The molecule has 0 aromatic heterocycles. The first-order valence-electron chi connectivity index (χ1n) is 7.33. The molecule has 0 bridgehead atoms. The second-order valence-corrected chi connectivity index (χ2v) is 5.41. The van der Waals surface area contributed by atoms with E-state index in [1.165, 1.54) is 16.7 Å². The number of anilines is 1. The van der Waals surface area contributed by atoms with E-state index in [0.29, 0.717) is 6.04 Å². The molecule has 1 aromatic rings. The summed E-state index contributed by atoms with van der Waals surface area (Å²) in [6, 6.07) is 10.7. The predicted molar refractivity (Wildman–Crippen MR) is 89.8 cm³/mol. The van der Waals surface area contributed by atoms with Gasteiger partial charge in [-0.25, -0.2) is 0 Å². The molecule has 1 nitrogen and oxygen atoms in total. The van der Waals surface area contributed by atoms with Crippen LogP contribution in [0.1, 0.15) is 20.3 Å². The molecule has 1 unspecified atom stereocenters. The smallest absolute Gasteiger partial charge is 0.100 e. The number of rotatable bonds is 2. The number of terminal acetylenes is 1. The van der Waals surface area contributed by atoms with E-state index < -0.39 is 0 Å². The largest absolute Gasteiger partial charge is 0.326 e. The van der Waals surface area contributed by atoms with Gasteiger partial charge in [-0.05, 0) is 38.0 Å². The van der Waals surface area contributed by atoms with Gasteiger partial charge in [0.15, 0.2) is 0 Å². The molecular weight excluding hydrogens is 254 g/mol. The Morgan fingerprint density at radius 1 is 1.29 bits per heavy atom. The van der Waals surface area contributed by atoms with Crippen LogP contribution in [-0.2, 0) is 0 Å². The SMILES string of the molecule is C#CC1=C(/C=C\C)C2=CC(C)=CCC2N1c1ccccc1. The van der Waals surface area contributed by atoms with Crippen molar-refractivity contribution < 1.29 is 0 Å². The lowest BCUT2D eigenvalue weighted by molar-refractivity contribution is 0.763. The van der Waals surface area contributed by atoms with Crippen LogP contribution in [0.25, 0.3) is 0 Å². The van der Waals surface area contributed by atoms with Crippen LogP contribution in [-0.4, -0.2) is 6.04 Å². The van der Waals surface area contributed by atoms with Crippen molar-refractivity contribution in [3.63, 3.8) is 0 Å². The quantitative estimate of drug-likeness (QED) is 0.711. The molecule has 1 atom stereocenters. The van der Waals surface area contributed by atoms with Crippen molar-refractivity contribution in [3.05, 3.63) is 77.1 Å². The summed E-state index contributed by atoms with van der Waals surface area (Å²) in [5.41, 5.74) is 5.97. The van der Waals surface area contributed by atoms with Crippen molar-refractivity contribution in [3.8, 4) is 12.3 Å². The molecule has 1 aliphatic heterocycles. The van der Waals surface area contributed by atoms with Crippen LogP contribution in [0, 0.1) is 12.3 Å². The molecule has 0 saturated carbocycles. The van der Waals surface area contributed by atoms with Gasteiger partial charge >= 0.3 is 0 Å². The fraction of sp³-hybridized carbons (Fsp3) is 0.200. The predicted octanol–water partition coefficient (Wildman–Crippen LogP) is 4.62. The molecule has 1 aromatic carbocycles. The van der Waals surface area contributed by atoms with Crippen LogP contribution in [0.15, 0.2) is 77.1 Å². The molecule has 104 valence electrons. The molecule has 0 N–H and O–H groups in total. The maximum atomic E-state index is 5.84. The third kappa shape index (κ3) is 2.23. The van der Waals surface area contributed by atoms with Gasteiger partial charge in [0.05, 0.1) is 6.04 Å². The number of para-hydroxylation sites is 1. The lowest BCUT2D eigenvalue weighted by Crippen LogP contribution is -2.31. The van der Waals surface area contributed by atoms with Crippen LogP contribution < -0.4 is 4.90 Å². The van der Waals surface area contributed by atoms with E-state index in [9.17, 15) is 0 Å². The van der Waals surface area contributed by atoms with E-state index >= 15 is 0 Å². The summed E-state index contributed by atoms with van der Waals surface area (Å²) in [4.78, 5) is 2.30. The average molecular weight is 273 g/mol. The Morgan fingerprint density at radius 3 is 2.71 bits per heavy atom. The molecule has 0 radical (unpaired) electrons. The highest BCUT2D eigenvalue weighted by Crippen LogP contribution is 2.41. The molecule has 2 aliphatic rings. The minimum atomic E-state index is 0.313. The van der Waals surface area contributed by atoms with Gasteiger partial charge in [0.2, 0.25) is 0 Å². The van der Waals surface area contributed by atoms with Gasteiger partial charge < -0.3 is 4.90 Å². The average Bonchev–Trinajstić information content (AvgIpc) is 2.82. The zero-order valence-electron chi connectivity index (χ0n) is 12.5. The molecular formula is C20H19N. The third-order valence-corrected chi connectivity index (χ3v) is 4.03. The minimum Gasteiger partial charge on any atom is -0.326 e. The van der Waals surface area contributed by atoms with E-state index in [2.05, 4.69) is 66.3 Å². The van der Waals surface area contributed by atoms with Crippen molar-refractivity contribution in [2.45, 2.75) is 26.3 Å². The second-order valence-electron chi connectivity index (χ2n) is 5.41. The molecule has 1 heteroatoms. The van der Waals surface area contributed by atoms with Gasteiger partial charge in [0.1, 0.15) is 5.70 Å². The molecule has 0 spiro atoms. The Labute approximate surface area is 127 Å². The summed E-state index contributed by atoms with van der Waals surface area (Å²) in [6.07, 6.45) is 15.6. The summed E-state index contributed by atoms with van der Waals surface area (Å²) in [6.45, 7) is 4.19. The zero-order chi connectivity index (χ0) is 14.8. The summed E-state index contributed by atoms with van der Waals surface area (Å²) < 4.78 is 0. The van der Waals surface area contributed by atoms with E-state index in [1.807, 2.05) is 13.0 Å². The first-order valence-corrected chi connectivity index (χ1v) is 7.33. The van der Waals surface area contributed by atoms with Crippen molar-refractivity contribution in [2.24, 2.45) is 0 Å². The summed E-state index contributed by atoms with van der Waals surface area (Å²) in [5, 5.41) is 0. The lowest BCUT2D eigenvalue weighted by atomic mass is 9.91. The number of nitrogens with zero attached hydrogens (tertiary/aromatic N) is 1. The minimum absolute atomic E-state index is 0.313. The molecule has 0 fully saturated rings. The topological polar surface area (TPSA) is 3.24 Å². The summed E-state index contributed by atoms with van der Waals surface area (Å²) in [5.74, 6) is 2.91. The van der Waals surface area contributed by atoms with E-state index in [-0.39, 0.29) is 0 Å². The van der Waals surface area contributed by atoms with Crippen LogP contribution in [0.2, 0.25) is 0 Å². The van der Waals surface area contributed by atoms with E-state index in [4.69, 9.17) is 6.42 Å². The van der Waals surface area contributed by atoms with Gasteiger partial charge in [-0.3, -0.25) is 0 Å². The van der Waals surface area contributed by atoms with Crippen LogP contribution in [0.5, 0.6) is 0 Å². The Hall–Kier alpha value is -2.46. The van der Waals surface area contributed by atoms with Crippen molar-refractivity contribution in [1.29, 1.82) is 0 Å². The Kier molecular flexibility index (Phi) is 3.54. The van der Waals surface area contributed by atoms with Crippen molar-refractivity contribution in [1.82, 2.24) is 0 Å². The zero-order valence-corrected chi connectivity index (χ0v) is 12.5. The standard InChI is InChI=1S/C20H19N/c1-4-9-17-18-14-15(3)12-13-20(18)21(19(17)5-2)16-10-7-6-8-11-16/h2,4,6-12,14,20H,13H2,1,3H3/b9-4-. The van der Waals surface area contributed by atoms with Gasteiger partial charge in [-0.15, -0.1) is 6.42 Å². The first-order chi connectivity index (χ1) is 10.3. The maximum Gasteiger partial charge on any atom is 0.100 e. The Morgan fingerprint density at radius 2 is 2.05 bits per heavy atom. The number of hydrogen-bond acceptors (Lipinski definition) is 1. The first kappa shape index (κ1) is 13.5. The number of hydrogen-bond donors (Lipinski definition) is 0. The lowest BCUT2D eigenvalue weighted by Gasteiger charge is -2.29. The molecule has 1 heterocycles. The van der Waals surface area contributed by atoms with Gasteiger partial charge in [-0.2, -0.15) is 0 Å². The molecule has 21 heavy (non-hydrogen) atoms. The van der Waals surface area contributed by atoms with E-state index in [1.54, 1.807) is 0 Å². The Bertz CT molecular complexity index is 708. The molecule has 0 saturated heterocycles. The van der Waals surface area contributed by atoms with Gasteiger partial charge in [0.25, 0.3) is 0 Å². The number of fused-ring (bicyclic) bond motifs is 1. The highest BCUT2D eigenvalue weighted by Gasteiger charge is 2.35. The van der Waals surface area contributed by atoms with Crippen LogP contribution in [0.4, 0.5) is 5.69 Å². The van der Waals surface area contributed by atoms with E-state index in [0.717, 1.165) is 17.8 Å². The normalized spacial score (nSPS) is 21.2. The van der Waals surface area contributed by atoms with Crippen LogP contribution >= 0.6 is 0 Å². The fourth-order valence-corrected chi connectivity index (χ4v) is 3.14. The maximum absolute atomic E-state index is 5.84. The second kappa shape index (κ2) is 5.50. The summed E-state index contributed by atoms with van der Waals surface area (Å²) in [7, 11) is 0. The molecule has 0 amide bonds. The number of allylic oxidation sites excluding steroid dienone is 5. The van der Waals surface area contributed by atoms with Gasteiger partial charge in [0, 0.05) is 11.3 Å². The molecule has 3 rings (SSSR count). The van der Waals surface area contributed by atoms with Crippen molar-refractivity contribution in [2.75, 3.05) is 4.90 Å². The number of benzene rings is 1. The highest BCUT2D eigenvalue weighted by atomic mass is 15.2. The fourth-order valence-electron chi connectivity index (χ4n) is 3.14. The summed E-state index contributed by atoms with van der Waals surface area (Å²) >= 11 is 0. The third-order valence-electron chi connectivity index (χ3n) is 4.03.